The first kappa shape index (κ1) is 19.6. The summed E-state index contributed by atoms with van der Waals surface area (Å²) in [5.41, 5.74) is 3.75. The van der Waals surface area contributed by atoms with Gasteiger partial charge in [-0.2, -0.15) is 0 Å². The summed E-state index contributed by atoms with van der Waals surface area (Å²) in [4.78, 5) is 3.46. The Kier molecular flexibility index (Phi) is 5.14. The Bertz CT molecular complexity index is 1060. The standard InChI is InChI=1S/C21H25FN2O2S/c1-14-18(19-13-16(22)7-10-20(19)24-14)11-12-23-27(25,26)17-8-5-15(6-9-17)21(2,3)4/h5-10,13,23-24H,11-12H2,1-4H3. The number of sulfonamides is 1. The van der Waals surface area contributed by atoms with E-state index in [0.717, 1.165) is 27.7 Å². The Balaban J connectivity index is 1.73. The highest BCUT2D eigenvalue weighted by Crippen LogP contribution is 2.25. The second kappa shape index (κ2) is 7.09. The van der Waals surface area contributed by atoms with Gasteiger partial charge in [-0.3, -0.25) is 0 Å². The lowest BCUT2D eigenvalue weighted by Crippen LogP contribution is -2.26. The Morgan fingerprint density at radius 2 is 1.74 bits per heavy atom. The Morgan fingerprint density at radius 1 is 1.07 bits per heavy atom. The summed E-state index contributed by atoms with van der Waals surface area (Å²) in [5, 5.41) is 0.793. The van der Waals surface area contributed by atoms with E-state index in [1.54, 1.807) is 18.2 Å². The van der Waals surface area contributed by atoms with Gasteiger partial charge in [-0.15, -0.1) is 0 Å². The molecule has 0 amide bonds. The summed E-state index contributed by atoms with van der Waals surface area (Å²) in [6, 6.07) is 11.6. The number of benzene rings is 2. The van der Waals surface area contributed by atoms with Gasteiger partial charge < -0.3 is 4.98 Å². The third-order valence-corrected chi connectivity index (χ3v) is 6.26. The molecule has 6 heteroatoms. The molecule has 3 rings (SSSR count). The van der Waals surface area contributed by atoms with Gasteiger partial charge in [-0.25, -0.2) is 17.5 Å². The summed E-state index contributed by atoms with van der Waals surface area (Å²) in [6.07, 6.45) is 0.481. The Morgan fingerprint density at radius 3 is 2.37 bits per heavy atom. The van der Waals surface area contributed by atoms with Crippen LogP contribution < -0.4 is 4.72 Å². The highest BCUT2D eigenvalue weighted by atomic mass is 32.2. The van der Waals surface area contributed by atoms with Gasteiger partial charge in [0.15, 0.2) is 0 Å². The summed E-state index contributed by atoms with van der Waals surface area (Å²) >= 11 is 0. The molecule has 0 saturated heterocycles. The molecule has 2 aromatic carbocycles. The van der Waals surface area contributed by atoms with Crippen LogP contribution in [0.15, 0.2) is 47.4 Å². The maximum atomic E-state index is 13.5. The average molecular weight is 389 g/mol. The molecule has 0 fully saturated rings. The van der Waals surface area contributed by atoms with Crippen molar-refractivity contribution in [2.75, 3.05) is 6.54 Å². The maximum Gasteiger partial charge on any atom is 0.240 e. The third kappa shape index (κ3) is 4.22. The van der Waals surface area contributed by atoms with E-state index in [1.807, 2.05) is 19.1 Å². The highest BCUT2D eigenvalue weighted by Gasteiger charge is 2.18. The molecule has 2 N–H and O–H groups in total. The SMILES string of the molecule is Cc1[nH]c2ccc(F)cc2c1CCNS(=O)(=O)c1ccc(C(C)(C)C)cc1. The van der Waals surface area contributed by atoms with Crippen LogP contribution in [0.25, 0.3) is 10.9 Å². The third-order valence-electron chi connectivity index (χ3n) is 4.78. The number of aromatic amines is 1. The zero-order valence-corrected chi connectivity index (χ0v) is 16.9. The van der Waals surface area contributed by atoms with Crippen molar-refractivity contribution in [3.05, 3.63) is 65.1 Å². The van der Waals surface area contributed by atoms with E-state index in [9.17, 15) is 12.8 Å². The quantitative estimate of drug-likeness (QED) is 0.679. The molecule has 0 spiro atoms. The molecule has 0 radical (unpaired) electrons. The Hall–Kier alpha value is -2.18. The van der Waals surface area contributed by atoms with Crippen LogP contribution in [0.5, 0.6) is 0 Å². The van der Waals surface area contributed by atoms with Crippen molar-refractivity contribution in [3.63, 3.8) is 0 Å². The molecule has 1 heterocycles. The first-order chi connectivity index (χ1) is 12.6. The smallest absolute Gasteiger partial charge is 0.240 e. The van der Waals surface area contributed by atoms with Crippen LogP contribution in [0.3, 0.4) is 0 Å². The van der Waals surface area contributed by atoms with Gasteiger partial charge in [-0.1, -0.05) is 32.9 Å². The molecular weight excluding hydrogens is 363 g/mol. The summed E-state index contributed by atoms with van der Waals surface area (Å²) in [6.45, 7) is 8.41. The molecule has 3 aromatic rings. The number of aryl methyl sites for hydroxylation is 1. The fraction of sp³-hybridized carbons (Fsp3) is 0.333. The lowest BCUT2D eigenvalue weighted by molar-refractivity contribution is 0.578. The van der Waals surface area contributed by atoms with Gasteiger partial charge >= 0.3 is 0 Å². The van der Waals surface area contributed by atoms with E-state index < -0.39 is 10.0 Å². The number of rotatable bonds is 5. The molecule has 0 bridgehead atoms. The molecule has 0 aliphatic rings. The van der Waals surface area contributed by atoms with Gasteiger partial charge in [0.25, 0.3) is 0 Å². The summed E-state index contributed by atoms with van der Waals surface area (Å²) in [5.74, 6) is -0.303. The largest absolute Gasteiger partial charge is 0.358 e. The van der Waals surface area contributed by atoms with E-state index >= 15 is 0 Å². The zero-order chi connectivity index (χ0) is 19.8. The van der Waals surface area contributed by atoms with Crippen LogP contribution in [0, 0.1) is 12.7 Å². The number of fused-ring (bicyclic) bond motifs is 1. The van der Waals surface area contributed by atoms with Crippen molar-refractivity contribution in [1.29, 1.82) is 0 Å². The van der Waals surface area contributed by atoms with E-state index in [0.29, 0.717) is 6.42 Å². The van der Waals surface area contributed by atoms with E-state index in [4.69, 9.17) is 0 Å². The van der Waals surface area contributed by atoms with Crippen molar-refractivity contribution in [2.24, 2.45) is 0 Å². The number of aromatic nitrogens is 1. The molecule has 27 heavy (non-hydrogen) atoms. The van der Waals surface area contributed by atoms with Crippen LogP contribution in [-0.4, -0.2) is 19.9 Å². The first-order valence-corrected chi connectivity index (χ1v) is 10.4. The minimum atomic E-state index is -3.58. The number of H-pyrrole nitrogens is 1. The molecule has 0 atom stereocenters. The molecule has 0 saturated carbocycles. The van der Waals surface area contributed by atoms with Crippen molar-refractivity contribution < 1.29 is 12.8 Å². The van der Waals surface area contributed by atoms with E-state index in [-0.39, 0.29) is 22.7 Å². The predicted molar refractivity (Wildman–Crippen MR) is 107 cm³/mol. The lowest BCUT2D eigenvalue weighted by atomic mass is 9.87. The number of halogens is 1. The van der Waals surface area contributed by atoms with Crippen LogP contribution >= 0.6 is 0 Å². The fourth-order valence-corrected chi connectivity index (χ4v) is 4.24. The second-order valence-electron chi connectivity index (χ2n) is 7.84. The lowest BCUT2D eigenvalue weighted by Gasteiger charge is -2.19. The van der Waals surface area contributed by atoms with Crippen LogP contribution in [0.2, 0.25) is 0 Å². The zero-order valence-electron chi connectivity index (χ0n) is 16.1. The molecule has 0 unspecified atom stereocenters. The molecule has 0 aliphatic heterocycles. The van der Waals surface area contributed by atoms with Crippen molar-refractivity contribution in [1.82, 2.24) is 9.71 Å². The minimum absolute atomic E-state index is 0.0299. The predicted octanol–water partition coefficient (Wildman–Crippen LogP) is 4.43. The molecular formula is C21H25FN2O2S. The molecule has 144 valence electrons. The highest BCUT2D eigenvalue weighted by molar-refractivity contribution is 7.89. The molecule has 1 aromatic heterocycles. The topological polar surface area (TPSA) is 62.0 Å². The van der Waals surface area contributed by atoms with Crippen LogP contribution in [0.4, 0.5) is 4.39 Å². The van der Waals surface area contributed by atoms with Crippen molar-refractivity contribution in [2.45, 2.75) is 44.4 Å². The Labute approximate surface area is 159 Å². The van der Waals surface area contributed by atoms with E-state index in [1.165, 1.54) is 12.1 Å². The normalized spacial score (nSPS) is 12.6. The van der Waals surface area contributed by atoms with Crippen LogP contribution in [-0.2, 0) is 21.9 Å². The summed E-state index contributed by atoms with van der Waals surface area (Å²) in [7, 11) is -3.58. The number of nitrogens with one attached hydrogen (secondary N) is 2. The minimum Gasteiger partial charge on any atom is -0.358 e. The fourth-order valence-electron chi connectivity index (χ4n) is 3.20. The van der Waals surface area contributed by atoms with Gasteiger partial charge in [0.2, 0.25) is 10.0 Å². The van der Waals surface area contributed by atoms with Crippen molar-refractivity contribution in [3.8, 4) is 0 Å². The first-order valence-electron chi connectivity index (χ1n) is 8.95. The van der Waals surface area contributed by atoms with Gasteiger partial charge in [0.1, 0.15) is 5.82 Å². The number of hydrogen-bond acceptors (Lipinski definition) is 2. The maximum absolute atomic E-state index is 13.5. The average Bonchev–Trinajstić information content (AvgIpc) is 2.89. The molecule has 0 aliphatic carbocycles. The second-order valence-corrected chi connectivity index (χ2v) is 9.61. The van der Waals surface area contributed by atoms with Gasteiger partial charge in [0.05, 0.1) is 4.90 Å². The van der Waals surface area contributed by atoms with Crippen LogP contribution in [0.1, 0.15) is 37.6 Å². The van der Waals surface area contributed by atoms with Gasteiger partial charge in [-0.05, 0) is 60.2 Å². The molecule has 4 nitrogen and oxygen atoms in total. The number of hydrogen-bond donors (Lipinski definition) is 2. The van der Waals surface area contributed by atoms with Gasteiger partial charge in [0, 0.05) is 23.1 Å². The van der Waals surface area contributed by atoms with E-state index in [2.05, 4.69) is 30.5 Å². The van der Waals surface area contributed by atoms with Crippen molar-refractivity contribution >= 4 is 20.9 Å². The summed E-state index contributed by atoms with van der Waals surface area (Å²) < 4.78 is 41.3. The monoisotopic (exact) mass is 388 g/mol.